The molecule has 0 aliphatic carbocycles. The highest BCUT2D eigenvalue weighted by molar-refractivity contribution is 7.92. The zero-order valence-electron chi connectivity index (χ0n) is 12.4. The molecule has 0 unspecified atom stereocenters. The molecule has 0 N–H and O–H groups in total. The Labute approximate surface area is 129 Å². The second-order valence-electron chi connectivity index (χ2n) is 5.45. The Balaban J connectivity index is 1.64. The summed E-state index contributed by atoms with van der Waals surface area (Å²) in [5.41, 5.74) is 2.00. The van der Waals surface area contributed by atoms with Gasteiger partial charge in [0.15, 0.2) is 5.82 Å². The first kappa shape index (κ1) is 14.9. The number of nitrogens with zero attached hydrogens (tertiary/aromatic N) is 3. The minimum atomic E-state index is -3.40. The first-order valence-corrected chi connectivity index (χ1v) is 8.49. The number of aromatic nitrogens is 2. The Morgan fingerprint density at radius 1 is 1.23 bits per heavy atom. The van der Waals surface area contributed by atoms with Crippen LogP contribution in [0.1, 0.15) is 28.8 Å². The van der Waals surface area contributed by atoms with E-state index in [0.717, 1.165) is 11.1 Å². The first-order valence-electron chi connectivity index (χ1n) is 6.99. The van der Waals surface area contributed by atoms with E-state index in [1.165, 1.54) is 9.71 Å². The molecule has 7 heteroatoms. The number of hydrogen-bond donors (Lipinski definition) is 0. The third kappa shape index (κ3) is 3.10. The van der Waals surface area contributed by atoms with Crippen molar-refractivity contribution in [2.45, 2.75) is 19.8 Å². The monoisotopic (exact) mass is 319 g/mol. The Bertz CT molecular complexity index is 788. The second kappa shape index (κ2) is 5.66. The molecule has 0 bridgehead atoms. The van der Waals surface area contributed by atoms with Gasteiger partial charge in [0.2, 0.25) is 15.9 Å². The molecule has 1 fully saturated rings. The number of benzene rings is 1. The van der Waals surface area contributed by atoms with E-state index >= 15 is 0 Å². The van der Waals surface area contributed by atoms with E-state index in [9.17, 15) is 8.42 Å². The molecular weight excluding hydrogens is 302 g/mol. The molecule has 1 aromatic carbocycles. The fourth-order valence-corrected chi connectivity index (χ4v) is 3.49. The van der Waals surface area contributed by atoms with Gasteiger partial charge in [-0.2, -0.15) is 9.29 Å². The van der Waals surface area contributed by atoms with Gasteiger partial charge < -0.3 is 4.52 Å². The summed E-state index contributed by atoms with van der Waals surface area (Å²) in [6, 6.07) is 7.68. The Hall–Kier alpha value is -1.99. The molecule has 1 saturated heterocycles. The van der Waals surface area contributed by atoms with Gasteiger partial charge in [-0.3, -0.25) is 0 Å². The van der Waals surface area contributed by atoms with E-state index in [1.807, 2.05) is 31.2 Å². The lowest BCUT2D eigenvalue weighted by Gasteiger charge is -2.34. The van der Waals surface area contributed by atoms with Crippen molar-refractivity contribution in [1.29, 1.82) is 0 Å². The van der Waals surface area contributed by atoms with Crippen LogP contribution in [0, 0.1) is 13.8 Å². The largest absolute Gasteiger partial charge is 0.339 e. The highest BCUT2D eigenvalue weighted by Gasteiger charge is 2.38. The maximum atomic E-state index is 12.2. The van der Waals surface area contributed by atoms with E-state index in [0.29, 0.717) is 24.8 Å². The van der Waals surface area contributed by atoms with Gasteiger partial charge in [0, 0.05) is 18.5 Å². The van der Waals surface area contributed by atoms with Gasteiger partial charge >= 0.3 is 0 Å². The molecule has 1 aliphatic rings. The Morgan fingerprint density at radius 3 is 2.50 bits per heavy atom. The maximum absolute atomic E-state index is 12.2. The van der Waals surface area contributed by atoms with E-state index in [2.05, 4.69) is 10.1 Å². The summed E-state index contributed by atoms with van der Waals surface area (Å²) in [5, 5.41) is 4.96. The predicted octanol–water partition coefficient (Wildman–Crippen LogP) is 2.09. The van der Waals surface area contributed by atoms with Crippen molar-refractivity contribution < 1.29 is 12.9 Å². The molecule has 0 amide bonds. The lowest BCUT2D eigenvalue weighted by molar-refractivity contribution is 0.218. The smallest absolute Gasteiger partial charge is 0.236 e. The fraction of sp³-hybridized carbons (Fsp3) is 0.333. The van der Waals surface area contributed by atoms with E-state index in [4.69, 9.17) is 4.52 Å². The quantitative estimate of drug-likeness (QED) is 0.862. The van der Waals surface area contributed by atoms with Gasteiger partial charge in [-0.05, 0) is 25.5 Å². The number of aryl methyl sites for hydroxylation is 2. The summed E-state index contributed by atoms with van der Waals surface area (Å²) in [5.74, 6) is 1.06. The topological polar surface area (TPSA) is 76.3 Å². The molecule has 1 aromatic heterocycles. The van der Waals surface area contributed by atoms with Crippen molar-refractivity contribution in [1.82, 2.24) is 14.4 Å². The van der Waals surface area contributed by atoms with Gasteiger partial charge in [0.05, 0.1) is 5.92 Å². The van der Waals surface area contributed by atoms with Crippen LogP contribution in [-0.4, -0.2) is 36.0 Å². The zero-order valence-corrected chi connectivity index (χ0v) is 13.2. The van der Waals surface area contributed by atoms with Crippen molar-refractivity contribution in [3.63, 3.8) is 0 Å². The number of sulfonamides is 1. The molecule has 0 spiro atoms. The number of hydrogen-bond acceptors (Lipinski definition) is 5. The number of rotatable bonds is 4. The second-order valence-corrected chi connectivity index (χ2v) is 7.27. The summed E-state index contributed by atoms with van der Waals surface area (Å²) in [7, 11) is -3.40. The van der Waals surface area contributed by atoms with Crippen LogP contribution in [0.4, 0.5) is 0 Å². The SMILES string of the molecule is Cc1ccc(/C=C/S(=O)(=O)N2CC(c3nc(C)no3)C2)cc1. The molecule has 2 heterocycles. The minimum absolute atomic E-state index is 0.0104. The van der Waals surface area contributed by atoms with Crippen LogP contribution in [0.3, 0.4) is 0 Å². The molecule has 116 valence electrons. The van der Waals surface area contributed by atoms with Gasteiger partial charge in [0.25, 0.3) is 0 Å². The van der Waals surface area contributed by atoms with Crippen LogP contribution in [0.2, 0.25) is 0 Å². The van der Waals surface area contributed by atoms with E-state index in [-0.39, 0.29) is 5.92 Å². The summed E-state index contributed by atoms with van der Waals surface area (Å²) in [6.45, 7) is 4.48. The minimum Gasteiger partial charge on any atom is -0.339 e. The van der Waals surface area contributed by atoms with Crippen LogP contribution in [0.25, 0.3) is 6.08 Å². The normalized spacial score (nSPS) is 17.0. The van der Waals surface area contributed by atoms with Crippen LogP contribution >= 0.6 is 0 Å². The van der Waals surface area contributed by atoms with Gasteiger partial charge in [-0.15, -0.1) is 0 Å². The van der Waals surface area contributed by atoms with Crippen molar-refractivity contribution in [3.8, 4) is 0 Å². The lowest BCUT2D eigenvalue weighted by Crippen LogP contribution is -2.47. The summed E-state index contributed by atoms with van der Waals surface area (Å²) in [6.07, 6.45) is 1.61. The molecule has 2 aromatic rings. The zero-order chi connectivity index (χ0) is 15.7. The average molecular weight is 319 g/mol. The lowest BCUT2D eigenvalue weighted by atomic mass is 10.0. The van der Waals surface area contributed by atoms with Gasteiger partial charge in [-0.25, -0.2) is 8.42 Å². The van der Waals surface area contributed by atoms with Crippen molar-refractivity contribution >= 4 is 16.1 Å². The van der Waals surface area contributed by atoms with Gasteiger partial charge in [-0.1, -0.05) is 35.0 Å². The van der Waals surface area contributed by atoms with Crippen molar-refractivity contribution in [3.05, 3.63) is 52.5 Å². The van der Waals surface area contributed by atoms with Crippen molar-refractivity contribution in [2.75, 3.05) is 13.1 Å². The Morgan fingerprint density at radius 2 is 1.91 bits per heavy atom. The highest BCUT2D eigenvalue weighted by Crippen LogP contribution is 2.28. The summed E-state index contributed by atoms with van der Waals surface area (Å²) < 4.78 is 30.9. The predicted molar refractivity (Wildman–Crippen MR) is 82.5 cm³/mol. The highest BCUT2D eigenvalue weighted by atomic mass is 32.2. The molecule has 0 atom stereocenters. The van der Waals surface area contributed by atoms with Crippen LogP contribution in [0.15, 0.2) is 34.2 Å². The summed E-state index contributed by atoms with van der Waals surface area (Å²) >= 11 is 0. The summed E-state index contributed by atoms with van der Waals surface area (Å²) in [4.78, 5) is 4.13. The first-order chi connectivity index (χ1) is 10.4. The van der Waals surface area contributed by atoms with Crippen LogP contribution < -0.4 is 0 Å². The van der Waals surface area contributed by atoms with Gasteiger partial charge in [0.1, 0.15) is 0 Å². The third-order valence-corrected chi connectivity index (χ3v) is 5.11. The van der Waals surface area contributed by atoms with Crippen LogP contribution in [0.5, 0.6) is 0 Å². The molecule has 6 nitrogen and oxygen atoms in total. The average Bonchev–Trinajstić information content (AvgIpc) is 2.82. The van der Waals surface area contributed by atoms with E-state index in [1.54, 1.807) is 13.0 Å². The third-order valence-electron chi connectivity index (χ3n) is 3.61. The molecule has 0 radical (unpaired) electrons. The molecule has 22 heavy (non-hydrogen) atoms. The fourth-order valence-electron chi connectivity index (χ4n) is 2.21. The molecule has 3 rings (SSSR count). The maximum Gasteiger partial charge on any atom is 0.236 e. The molecular formula is C15H17N3O3S. The van der Waals surface area contributed by atoms with Crippen molar-refractivity contribution in [2.24, 2.45) is 0 Å². The van der Waals surface area contributed by atoms with Crippen LogP contribution in [-0.2, 0) is 10.0 Å². The molecule has 1 aliphatic heterocycles. The standard InChI is InChI=1S/C15H17N3O3S/c1-11-3-5-13(6-4-11)7-8-22(19,20)18-9-14(10-18)15-16-12(2)17-21-15/h3-8,14H,9-10H2,1-2H3/b8-7+. The Kier molecular flexibility index (Phi) is 3.84. The van der Waals surface area contributed by atoms with E-state index < -0.39 is 10.0 Å². The molecule has 0 saturated carbocycles.